The topological polar surface area (TPSA) is 144 Å². The Morgan fingerprint density at radius 3 is 1.30 bits per heavy atom. The van der Waals surface area contributed by atoms with E-state index in [0.717, 1.165) is 12.1 Å². The van der Waals surface area contributed by atoms with Crippen LogP contribution in [0.25, 0.3) is 0 Å². The Bertz CT molecular complexity index is 962. The van der Waals surface area contributed by atoms with Crippen molar-refractivity contribution in [3.05, 3.63) is 48.5 Å². The number of hydrogen-bond donors (Lipinski definition) is 0. The molecule has 160 valence electrons. The zero-order valence-electron chi connectivity index (χ0n) is 15.5. The predicted molar refractivity (Wildman–Crippen MR) is 103 cm³/mol. The first-order chi connectivity index (χ1) is 12.8. The number of carbonyl (C=O) groups is 2. The molecule has 0 saturated heterocycles. The number of hydrogen-bond acceptors (Lipinski definition) is 9. The van der Waals surface area contributed by atoms with Crippen molar-refractivity contribution in [3.63, 3.8) is 0 Å². The van der Waals surface area contributed by atoms with E-state index in [1.807, 2.05) is 0 Å². The molecular formula is C17H18ClNaO9S2. The van der Waals surface area contributed by atoms with E-state index in [-0.39, 0.29) is 58.3 Å². The Morgan fingerprint density at radius 1 is 0.767 bits per heavy atom. The van der Waals surface area contributed by atoms with Crippen LogP contribution in [0.5, 0.6) is 11.5 Å². The molecule has 2 aromatic rings. The van der Waals surface area contributed by atoms with Gasteiger partial charge in [-0.2, -0.15) is 0 Å². The predicted octanol–water partition coefficient (Wildman–Crippen LogP) is -0.304. The van der Waals surface area contributed by atoms with Crippen molar-refractivity contribution in [2.24, 2.45) is 0 Å². The van der Waals surface area contributed by atoms with Crippen LogP contribution in [0, 0.1) is 0 Å². The summed E-state index contributed by atoms with van der Waals surface area (Å²) in [4.78, 5) is 20.6. The van der Waals surface area contributed by atoms with Gasteiger partial charge in [-0.05, 0) is 48.5 Å². The minimum atomic E-state index is -4.44. The van der Waals surface area contributed by atoms with Crippen molar-refractivity contribution >= 4 is 41.8 Å². The number of esters is 2. The van der Waals surface area contributed by atoms with Crippen LogP contribution in [0.4, 0.5) is 0 Å². The van der Waals surface area contributed by atoms with Crippen LogP contribution in [0.3, 0.4) is 0 Å². The fourth-order valence-electron chi connectivity index (χ4n) is 1.68. The van der Waals surface area contributed by atoms with Crippen LogP contribution in [0.1, 0.15) is 21.3 Å². The number of benzene rings is 2. The largest absolute Gasteiger partial charge is 1.00 e. The first-order valence-corrected chi connectivity index (χ1v) is 11.0. The van der Waals surface area contributed by atoms with Gasteiger partial charge in [0.25, 0.3) is 9.05 Å². The van der Waals surface area contributed by atoms with E-state index >= 15 is 0 Å². The number of carbonyl (C=O) groups excluding carboxylic acids is 2. The molecule has 0 aliphatic heterocycles. The number of rotatable bonds is 4. The molecule has 9 nitrogen and oxygen atoms in total. The van der Waals surface area contributed by atoms with Gasteiger partial charge in [-0.25, -0.2) is 16.8 Å². The van der Waals surface area contributed by atoms with Crippen LogP contribution < -0.4 is 39.0 Å². The molecule has 0 fully saturated rings. The summed E-state index contributed by atoms with van der Waals surface area (Å²) < 4.78 is 62.5. The Hall–Kier alpha value is -1.47. The Kier molecular flexibility index (Phi) is 13.4. The van der Waals surface area contributed by atoms with Gasteiger partial charge in [-0.1, -0.05) is 7.43 Å². The standard InChI is InChI=1S/C8H7ClO4S.C8H8O5S.CH4.Na/c1-6(10)13-7-2-4-8(5-3-7)14(9,11)12;1-6(9)13-7-2-4-8(5-3-7)14(10,11)12;;/h2-5H,1H3;2-5H,1H3,(H,10,11,12);1H4;/q;;;+1/p-1. The summed E-state index contributed by atoms with van der Waals surface area (Å²) in [6.45, 7) is 2.48. The minimum absolute atomic E-state index is 0. The maximum atomic E-state index is 10.8. The minimum Gasteiger partial charge on any atom is -0.744 e. The van der Waals surface area contributed by atoms with Crippen molar-refractivity contribution in [1.82, 2.24) is 0 Å². The van der Waals surface area contributed by atoms with Gasteiger partial charge >= 0.3 is 41.5 Å². The molecule has 0 aliphatic rings. The zero-order chi connectivity index (χ0) is 21.5. The van der Waals surface area contributed by atoms with Gasteiger partial charge in [-0.3, -0.25) is 9.59 Å². The first-order valence-electron chi connectivity index (χ1n) is 7.26. The molecule has 2 aromatic carbocycles. The van der Waals surface area contributed by atoms with Crippen LogP contribution in [0.2, 0.25) is 0 Å². The molecule has 2 rings (SSSR count). The van der Waals surface area contributed by atoms with Crippen LogP contribution in [0.15, 0.2) is 58.3 Å². The normalized spacial score (nSPS) is 10.3. The molecule has 0 N–H and O–H groups in total. The molecule has 0 bridgehead atoms. The van der Waals surface area contributed by atoms with Gasteiger partial charge in [-0.15, -0.1) is 0 Å². The van der Waals surface area contributed by atoms with Gasteiger partial charge in [0.15, 0.2) is 0 Å². The zero-order valence-corrected chi connectivity index (χ0v) is 19.9. The molecule has 0 atom stereocenters. The monoisotopic (exact) mass is 488 g/mol. The summed E-state index contributed by atoms with van der Waals surface area (Å²) in [5.74, 6) is -0.499. The quantitative estimate of drug-likeness (QED) is 0.186. The van der Waals surface area contributed by atoms with E-state index in [0.29, 0.717) is 0 Å². The Morgan fingerprint density at radius 2 is 1.07 bits per heavy atom. The Balaban J connectivity index is 0. The molecule has 0 heterocycles. The van der Waals surface area contributed by atoms with Crippen molar-refractivity contribution in [1.29, 1.82) is 0 Å². The summed E-state index contributed by atoms with van der Waals surface area (Å²) in [5.41, 5.74) is 0. The Labute approximate surface area is 201 Å². The van der Waals surface area contributed by atoms with E-state index < -0.39 is 31.1 Å². The second-order valence-corrected chi connectivity index (χ2v) is 8.97. The summed E-state index contributed by atoms with van der Waals surface area (Å²) in [6, 6.07) is 9.90. The summed E-state index contributed by atoms with van der Waals surface area (Å²) >= 11 is 0. The molecule has 30 heavy (non-hydrogen) atoms. The average Bonchev–Trinajstić information content (AvgIpc) is 2.53. The van der Waals surface area contributed by atoms with Gasteiger partial charge in [0, 0.05) is 24.5 Å². The van der Waals surface area contributed by atoms with Crippen LogP contribution >= 0.6 is 10.7 Å². The third-order valence-electron chi connectivity index (χ3n) is 2.74. The van der Waals surface area contributed by atoms with Gasteiger partial charge in [0.1, 0.15) is 21.6 Å². The van der Waals surface area contributed by atoms with Crippen molar-refractivity contribution in [2.75, 3.05) is 0 Å². The second-order valence-electron chi connectivity index (χ2n) is 5.02. The molecule has 0 unspecified atom stereocenters. The fraction of sp³-hybridized carbons (Fsp3) is 0.176. The van der Waals surface area contributed by atoms with Crippen LogP contribution in [-0.4, -0.2) is 33.3 Å². The molecule has 13 heteroatoms. The second kappa shape index (κ2) is 13.1. The van der Waals surface area contributed by atoms with Crippen molar-refractivity contribution in [3.8, 4) is 11.5 Å². The molecule has 0 saturated carbocycles. The molecule has 0 amide bonds. The van der Waals surface area contributed by atoms with E-state index in [1.165, 1.54) is 50.2 Å². The summed E-state index contributed by atoms with van der Waals surface area (Å²) in [6.07, 6.45) is 0. The molecular weight excluding hydrogens is 471 g/mol. The number of ether oxygens (including phenoxy) is 2. The average molecular weight is 489 g/mol. The summed E-state index contributed by atoms with van der Waals surface area (Å²) in [5, 5.41) is 0. The molecule has 0 radical (unpaired) electrons. The van der Waals surface area contributed by atoms with E-state index in [4.69, 9.17) is 15.4 Å². The third kappa shape index (κ3) is 11.6. The number of halogens is 1. The third-order valence-corrected chi connectivity index (χ3v) is 4.96. The van der Waals surface area contributed by atoms with Gasteiger partial charge in [0.05, 0.1) is 9.79 Å². The maximum absolute atomic E-state index is 10.8. The SMILES string of the molecule is C.CC(=O)Oc1ccc(S(=O)(=O)Cl)cc1.CC(=O)Oc1ccc(S(=O)(=O)[O-])cc1.[Na+]. The van der Waals surface area contributed by atoms with Crippen LogP contribution in [-0.2, 0) is 28.8 Å². The molecule has 0 aliphatic carbocycles. The van der Waals surface area contributed by atoms with E-state index in [2.05, 4.69) is 4.74 Å². The molecule has 0 aromatic heterocycles. The van der Waals surface area contributed by atoms with Crippen molar-refractivity contribution in [2.45, 2.75) is 31.1 Å². The van der Waals surface area contributed by atoms with Gasteiger partial charge < -0.3 is 14.0 Å². The smallest absolute Gasteiger partial charge is 0.744 e. The van der Waals surface area contributed by atoms with E-state index in [1.54, 1.807) is 0 Å². The first kappa shape index (κ1) is 30.7. The summed E-state index contributed by atoms with van der Waals surface area (Å²) in [7, 11) is -3.07. The fourth-order valence-corrected chi connectivity index (χ4v) is 2.92. The maximum Gasteiger partial charge on any atom is 1.00 e. The van der Waals surface area contributed by atoms with E-state index in [9.17, 15) is 31.0 Å². The van der Waals surface area contributed by atoms with Gasteiger partial charge in [0.2, 0.25) is 0 Å². The van der Waals surface area contributed by atoms with Crippen molar-refractivity contribution < 1.29 is 70.0 Å². The molecule has 0 spiro atoms.